The van der Waals surface area contributed by atoms with E-state index in [-0.39, 0.29) is 6.04 Å². The first-order valence-corrected chi connectivity index (χ1v) is 7.97. The lowest BCUT2D eigenvalue weighted by Gasteiger charge is -2.14. The highest BCUT2D eigenvalue weighted by Gasteiger charge is 2.08. The maximum atomic E-state index is 11.4. The summed E-state index contributed by atoms with van der Waals surface area (Å²) in [4.78, 5) is 29.0. The van der Waals surface area contributed by atoms with E-state index in [2.05, 4.69) is 44.2 Å². The van der Waals surface area contributed by atoms with Crippen LogP contribution in [0.25, 0.3) is 11.0 Å². The third-order valence-corrected chi connectivity index (χ3v) is 5.00. The molecule has 1 unspecified atom stereocenters. The van der Waals surface area contributed by atoms with E-state index in [0.717, 1.165) is 10.2 Å². The predicted molar refractivity (Wildman–Crippen MR) is 89.2 cm³/mol. The molecule has 2 aromatic heterocycles. The van der Waals surface area contributed by atoms with Gasteiger partial charge < -0.3 is 15.3 Å². The number of fused-ring (bicyclic) bond motifs is 1. The van der Waals surface area contributed by atoms with Crippen LogP contribution in [0.4, 0.5) is 5.69 Å². The minimum atomic E-state index is -0.644. The molecule has 0 saturated carbocycles. The van der Waals surface area contributed by atoms with Crippen molar-refractivity contribution >= 4 is 44.0 Å². The van der Waals surface area contributed by atoms with Crippen molar-refractivity contribution in [2.45, 2.75) is 13.0 Å². The third-order valence-electron chi connectivity index (χ3n) is 3.12. The quantitative estimate of drug-likeness (QED) is 0.623. The first-order valence-electron chi connectivity index (χ1n) is 6.30. The number of thiophene rings is 1. The lowest BCUT2D eigenvalue weighted by Crippen LogP contribution is -2.28. The summed E-state index contributed by atoms with van der Waals surface area (Å²) in [7, 11) is 0. The molecule has 108 valence electrons. The highest BCUT2D eigenvalue weighted by atomic mass is 79.9. The molecule has 0 amide bonds. The summed E-state index contributed by atoms with van der Waals surface area (Å²) in [6, 6.07) is 7.67. The van der Waals surface area contributed by atoms with Crippen molar-refractivity contribution in [3.8, 4) is 0 Å². The monoisotopic (exact) mass is 365 g/mol. The van der Waals surface area contributed by atoms with Crippen LogP contribution in [0.1, 0.15) is 17.8 Å². The van der Waals surface area contributed by atoms with E-state index in [1.165, 1.54) is 4.88 Å². The zero-order valence-corrected chi connectivity index (χ0v) is 13.5. The van der Waals surface area contributed by atoms with Crippen LogP contribution in [0.15, 0.2) is 43.7 Å². The summed E-state index contributed by atoms with van der Waals surface area (Å²) in [5, 5.41) is 5.41. The zero-order valence-electron chi connectivity index (χ0n) is 11.1. The molecule has 0 saturated heterocycles. The Bertz CT molecular complexity index is 912. The van der Waals surface area contributed by atoms with Crippen molar-refractivity contribution in [2.75, 3.05) is 5.32 Å². The van der Waals surface area contributed by atoms with Gasteiger partial charge in [0, 0.05) is 20.4 Å². The molecular formula is C14H12BrN3O2S. The summed E-state index contributed by atoms with van der Waals surface area (Å²) in [6.07, 6.45) is 0. The van der Waals surface area contributed by atoms with Crippen LogP contribution in [0.3, 0.4) is 0 Å². The second kappa shape index (κ2) is 5.50. The Morgan fingerprint density at radius 1 is 1.14 bits per heavy atom. The van der Waals surface area contributed by atoms with Crippen molar-refractivity contribution in [3.63, 3.8) is 0 Å². The number of benzene rings is 1. The smallest absolute Gasteiger partial charge is 0.314 e. The number of aromatic nitrogens is 2. The van der Waals surface area contributed by atoms with E-state index >= 15 is 0 Å². The van der Waals surface area contributed by atoms with E-state index in [9.17, 15) is 9.59 Å². The number of H-pyrrole nitrogens is 2. The van der Waals surface area contributed by atoms with E-state index in [0.29, 0.717) is 11.0 Å². The van der Waals surface area contributed by atoms with Crippen molar-refractivity contribution < 1.29 is 0 Å². The Kier molecular flexibility index (Phi) is 3.69. The zero-order chi connectivity index (χ0) is 15.0. The first kappa shape index (κ1) is 14.1. The van der Waals surface area contributed by atoms with Crippen molar-refractivity contribution in [1.82, 2.24) is 9.97 Å². The number of hydrogen-bond donors (Lipinski definition) is 3. The van der Waals surface area contributed by atoms with Crippen molar-refractivity contribution in [2.24, 2.45) is 0 Å². The van der Waals surface area contributed by atoms with E-state index in [1.54, 1.807) is 17.4 Å². The Hall–Kier alpha value is -1.86. The fourth-order valence-electron chi connectivity index (χ4n) is 2.08. The SMILES string of the molecule is CC(Nc1ccc2[nH]c(=O)c(=O)[nH]c2c1)c1cc(Br)cs1. The standard InChI is InChI=1S/C14H12BrN3O2S/c1-7(12-4-8(15)6-21-12)16-9-2-3-10-11(5-9)18-14(20)13(19)17-10/h2-7,16H,1H3,(H,17,19)(H,18,20). The number of hydrogen-bond acceptors (Lipinski definition) is 4. The van der Waals surface area contributed by atoms with Gasteiger partial charge in [-0.15, -0.1) is 11.3 Å². The van der Waals surface area contributed by atoms with Gasteiger partial charge in [0.25, 0.3) is 0 Å². The van der Waals surface area contributed by atoms with Gasteiger partial charge in [-0.1, -0.05) is 0 Å². The van der Waals surface area contributed by atoms with Gasteiger partial charge >= 0.3 is 11.1 Å². The van der Waals surface area contributed by atoms with Gasteiger partial charge in [-0.3, -0.25) is 9.59 Å². The van der Waals surface area contributed by atoms with Crippen LogP contribution in [-0.2, 0) is 0 Å². The molecule has 0 aliphatic heterocycles. The normalized spacial score (nSPS) is 12.5. The molecule has 1 atom stereocenters. The molecule has 0 bridgehead atoms. The molecule has 0 spiro atoms. The summed E-state index contributed by atoms with van der Waals surface area (Å²) in [5.74, 6) is 0. The van der Waals surface area contributed by atoms with E-state index in [1.807, 2.05) is 17.5 Å². The van der Waals surface area contributed by atoms with Gasteiger partial charge in [0.15, 0.2) is 0 Å². The second-order valence-corrected chi connectivity index (χ2v) is 6.56. The summed E-state index contributed by atoms with van der Waals surface area (Å²) in [5.41, 5.74) is 0.804. The van der Waals surface area contributed by atoms with Gasteiger partial charge in [-0.2, -0.15) is 0 Å². The molecular weight excluding hydrogens is 354 g/mol. The van der Waals surface area contributed by atoms with Crippen LogP contribution in [0.5, 0.6) is 0 Å². The minimum absolute atomic E-state index is 0.147. The number of rotatable bonds is 3. The summed E-state index contributed by atoms with van der Waals surface area (Å²) < 4.78 is 1.07. The van der Waals surface area contributed by atoms with E-state index in [4.69, 9.17) is 0 Å². The molecule has 3 N–H and O–H groups in total. The number of halogens is 1. The molecule has 1 aromatic carbocycles. The molecule has 21 heavy (non-hydrogen) atoms. The average Bonchev–Trinajstić information content (AvgIpc) is 2.87. The van der Waals surface area contributed by atoms with Crippen LogP contribution >= 0.6 is 27.3 Å². The molecule has 3 aromatic rings. The molecule has 7 heteroatoms. The third kappa shape index (κ3) is 2.93. The Balaban J connectivity index is 1.92. The van der Waals surface area contributed by atoms with Gasteiger partial charge in [-0.05, 0) is 47.1 Å². The lowest BCUT2D eigenvalue weighted by molar-refractivity contribution is 0.908. The Labute approximate surface area is 132 Å². The predicted octanol–water partition coefficient (Wildman–Crippen LogP) is 3.21. The maximum absolute atomic E-state index is 11.4. The Morgan fingerprint density at radius 2 is 1.86 bits per heavy atom. The van der Waals surface area contributed by atoms with Gasteiger partial charge in [0.05, 0.1) is 17.1 Å². The fourth-order valence-corrected chi connectivity index (χ4v) is 3.53. The fraction of sp³-hybridized carbons (Fsp3) is 0.143. The molecule has 0 aliphatic carbocycles. The second-order valence-electron chi connectivity index (χ2n) is 4.70. The number of aromatic amines is 2. The van der Waals surface area contributed by atoms with E-state index < -0.39 is 11.1 Å². The van der Waals surface area contributed by atoms with Crippen LogP contribution < -0.4 is 16.4 Å². The minimum Gasteiger partial charge on any atom is -0.378 e. The Morgan fingerprint density at radius 3 is 2.52 bits per heavy atom. The molecule has 0 fully saturated rings. The molecule has 5 nitrogen and oxygen atoms in total. The molecule has 3 rings (SSSR count). The molecule has 0 aliphatic rings. The number of nitrogens with one attached hydrogen (secondary N) is 3. The lowest BCUT2D eigenvalue weighted by atomic mass is 10.2. The summed E-state index contributed by atoms with van der Waals surface area (Å²) >= 11 is 5.11. The van der Waals surface area contributed by atoms with Gasteiger partial charge in [0.2, 0.25) is 0 Å². The first-order chi connectivity index (χ1) is 10.0. The van der Waals surface area contributed by atoms with Gasteiger partial charge in [-0.25, -0.2) is 0 Å². The van der Waals surface area contributed by atoms with Crippen LogP contribution in [-0.4, -0.2) is 9.97 Å². The topological polar surface area (TPSA) is 77.8 Å². The van der Waals surface area contributed by atoms with Crippen molar-refractivity contribution in [1.29, 1.82) is 0 Å². The summed E-state index contributed by atoms with van der Waals surface area (Å²) in [6.45, 7) is 2.07. The highest BCUT2D eigenvalue weighted by Crippen LogP contribution is 2.28. The van der Waals surface area contributed by atoms with Crippen LogP contribution in [0.2, 0.25) is 0 Å². The van der Waals surface area contributed by atoms with Crippen molar-refractivity contribution in [3.05, 3.63) is 59.7 Å². The highest BCUT2D eigenvalue weighted by molar-refractivity contribution is 9.10. The number of anilines is 1. The van der Waals surface area contributed by atoms with Crippen LogP contribution in [0, 0.1) is 0 Å². The molecule has 2 heterocycles. The molecule has 0 radical (unpaired) electrons. The van der Waals surface area contributed by atoms with Gasteiger partial charge in [0.1, 0.15) is 0 Å². The maximum Gasteiger partial charge on any atom is 0.314 e. The largest absolute Gasteiger partial charge is 0.378 e. The average molecular weight is 366 g/mol.